The lowest BCUT2D eigenvalue weighted by molar-refractivity contribution is -0.385. The fourth-order valence-electron chi connectivity index (χ4n) is 1.00. The van der Waals surface area contributed by atoms with E-state index >= 15 is 0 Å². The summed E-state index contributed by atoms with van der Waals surface area (Å²) in [4.78, 5) is 9.81. The predicted molar refractivity (Wildman–Crippen MR) is 54.5 cm³/mol. The number of allylic oxidation sites excluding steroid dienone is 1. The van der Waals surface area contributed by atoms with Crippen molar-refractivity contribution < 1.29 is 10.0 Å². The number of hydrogen-bond donors (Lipinski definition) is 1. The normalized spacial score (nSPS) is 10.6. The molecule has 0 atom stereocenters. The van der Waals surface area contributed by atoms with Crippen molar-refractivity contribution in [1.82, 2.24) is 0 Å². The number of phenolic OH excluding ortho intramolecular Hbond substituents is 1. The van der Waals surface area contributed by atoms with E-state index in [0.717, 1.165) is 0 Å². The molecule has 0 aliphatic heterocycles. The summed E-state index contributed by atoms with van der Waals surface area (Å²) in [6.45, 7) is 0. The van der Waals surface area contributed by atoms with Crippen LogP contribution in [-0.4, -0.2) is 15.9 Å². The molecule has 4 nitrogen and oxygen atoms in total. The molecule has 0 saturated heterocycles. The van der Waals surface area contributed by atoms with Crippen LogP contribution < -0.4 is 0 Å². The van der Waals surface area contributed by atoms with Gasteiger partial charge in [0.25, 0.3) is 0 Å². The van der Waals surface area contributed by atoms with Gasteiger partial charge in [-0.25, -0.2) is 0 Å². The van der Waals surface area contributed by atoms with Crippen LogP contribution >= 0.6 is 11.6 Å². The Bertz CT molecular complexity index is 376. The molecule has 0 amide bonds. The molecule has 14 heavy (non-hydrogen) atoms. The smallest absolute Gasteiger partial charge is 0.311 e. The fourth-order valence-corrected chi connectivity index (χ4v) is 1.09. The van der Waals surface area contributed by atoms with Crippen molar-refractivity contribution in [2.45, 2.75) is 0 Å². The van der Waals surface area contributed by atoms with Gasteiger partial charge in [0, 0.05) is 17.5 Å². The molecular formula is C9H8ClNO3. The highest BCUT2D eigenvalue weighted by atomic mass is 35.5. The van der Waals surface area contributed by atoms with Gasteiger partial charge >= 0.3 is 5.69 Å². The lowest BCUT2D eigenvalue weighted by atomic mass is 10.1. The van der Waals surface area contributed by atoms with Gasteiger partial charge in [-0.1, -0.05) is 24.3 Å². The number of para-hydroxylation sites is 1. The Hall–Kier alpha value is -1.55. The van der Waals surface area contributed by atoms with Gasteiger partial charge in [0.05, 0.1) is 4.92 Å². The topological polar surface area (TPSA) is 63.4 Å². The molecule has 0 spiro atoms. The highest BCUT2D eigenvalue weighted by molar-refractivity contribution is 6.19. The van der Waals surface area contributed by atoms with Gasteiger partial charge in [0.15, 0.2) is 0 Å². The van der Waals surface area contributed by atoms with Gasteiger partial charge in [-0.05, 0) is 0 Å². The number of hydrogen-bond acceptors (Lipinski definition) is 3. The third-order valence-corrected chi connectivity index (χ3v) is 1.81. The first-order valence-electron chi connectivity index (χ1n) is 3.85. The third-order valence-electron chi connectivity index (χ3n) is 1.63. The summed E-state index contributed by atoms with van der Waals surface area (Å²) in [5, 5.41) is 19.9. The zero-order valence-corrected chi connectivity index (χ0v) is 7.94. The molecule has 0 bridgehead atoms. The van der Waals surface area contributed by atoms with E-state index in [-0.39, 0.29) is 11.4 Å². The average Bonchev–Trinajstić information content (AvgIpc) is 2.16. The predicted octanol–water partition coefficient (Wildman–Crippen LogP) is 2.55. The Kier molecular flexibility index (Phi) is 3.48. The van der Waals surface area contributed by atoms with Crippen LogP contribution in [0, 0.1) is 10.1 Å². The molecule has 0 aromatic heterocycles. The highest BCUT2D eigenvalue weighted by Crippen LogP contribution is 2.29. The van der Waals surface area contributed by atoms with Crippen molar-refractivity contribution in [3.05, 3.63) is 40.0 Å². The standard InChI is InChI=1S/C9H8ClNO3/c10-6-2-4-7-3-1-5-8(9(7)12)11(13)14/h1-5,12H,6H2. The molecule has 1 aromatic rings. The van der Waals surface area contributed by atoms with E-state index in [0.29, 0.717) is 11.4 Å². The maximum atomic E-state index is 10.4. The van der Waals surface area contributed by atoms with Crippen molar-refractivity contribution in [3.8, 4) is 5.75 Å². The second kappa shape index (κ2) is 4.62. The Morgan fingerprint density at radius 3 is 2.86 bits per heavy atom. The van der Waals surface area contributed by atoms with E-state index in [9.17, 15) is 15.2 Å². The van der Waals surface area contributed by atoms with Crippen LogP contribution in [0.2, 0.25) is 0 Å². The zero-order chi connectivity index (χ0) is 10.6. The van der Waals surface area contributed by atoms with Crippen molar-refractivity contribution in [2.75, 3.05) is 5.88 Å². The fraction of sp³-hybridized carbons (Fsp3) is 0.111. The van der Waals surface area contributed by atoms with Crippen LogP contribution in [0.25, 0.3) is 6.08 Å². The number of benzene rings is 1. The lowest BCUT2D eigenvalue weighted by Crippen LogP contribution is -1.89. The largest absolute Gasteiger partial charge is 0.502 e. The van der Waals surface area contributed by atoms with E-state index in [1.54, 1.807) is 12.1 Å². The van der Waals surface area contributed by atoms with E-state index in [4.69, 9.17) is 11.6 Å². The summed E-state index contributed by atoms with van der Waals surface area (Å²) < 4.78 is 0. The number of alkyl halides is 1. The molecule has 0 heterocycles. The summed E-state index contributed by atoms with van der Waals surface area (Å²) in [5.41, 5.74) is 0.0848. The van der Waals surface area contributed by atoms with Gasteiger partial charge in [-0.2, -0.15) is 0 Å². The molecule has 0 aliphatic carbocycles. The summed E-state index contributed by atoms with van der Waals surface area (Å²) in [6, 6.07) is 4.32. The van der Waals surface area contributed by atoms with Crippen LogP contribution in [-0.2, 0) is 0 Å². The van der Waals surface area contributed by atoms with Crippen LogP contribution in [0.1, 0.15) is 5.56 Å². The molecule has 5 heteroatoms. The molecule has 0 saturated carbocycles. The summed E-state index contributed by atoms with van der Waals surface area (Å²) in [5.74, 6) is -0.0406. The second-order valence-corrected chi connectivity index (χ2v) is 2.84. The van der Waals surface area contributed by atoms with Crippen molar-refractivity contribution in [1.29, 1.82) is 0 Å². The SMILES string of the molecule is O=[N+]([O-])c1cccc(C=CCCl)c1O. The molecule has 0 radical (unpaired) electrons. The monoisotopic (exact) mass is 213 g/mol. The molecular weight excluding hydrogens is 206 g/mol. The molecule has 1 rings (SSSR count). The Labute approximate surface area is 85.6 Å². The van der Waals surface area contributed by atoms with Gasteiger partial charge < -0.3 is 5.11 Å². The third kappa shape index (κ3) is 2.23. The first-order chi connectivity index (χ1) is 6.66. The number of nitro groups is 1. The van der Waals surface area contributed by atoms with Gasteiger partial charge in [-0.15, -0.1) is 11.6 Å². The van der Waals surface area contributed by atoms with Crippen molar-refractivity contribution >= 4 is 23.4 Å². The number of nitrogens with zero attached hydrogens (tertiary/aromatic N) is 1. The average molecular weight is 214 g/mol. The molecule has 74 valence electrons. The minimum absolute atomic E-state index is 0.294. The number of aromatic hydroxyl groups is 1. The molecule has 0 fully saturated rings. The van der Waals surface area contributed by atoms with Crippen LogP contribution in [0.3, 0.4) is 0 Å². The number of phenols is 1. The second-order valence-electron chi connectivity index (χ2n) is 2.53. The summed E-state index contributed by atoms with van der Waals surface area (Å²) in [7, 11) is 0. The Morgan fingerprint density at radius 1 is 1.57 bits per heavy atom. The van der Waals surface area contributed by atoms with Crippen LogP contribution in [0.5, 0.6) is 5.75 Å². The Balaban J connectivity index is 3.14. The van der Waals surface area contributed by atoms with E-state index in [2.05, 4.69) is 0 Å². The van der Waals surface area contributed by atoms with E-state index in [1.165, 1.54) is 18.2 Å². The van der Waals surface area contributed by atoms with E-state index < -0.39 is 4.92 Å². The summed E-state index contributed by atoms with van der Waals surface area (Å²) in [6.07, 6.45) is 3.13. The van der Waals surface area contributed by atoms with Gasteiger partial charge in [-0.3, -0.25) is 10.1 Å². The minimum atomic E-state index is -0.632. The van der Waals surface area contributed by atoms with Crippen LogP contribution in [0.15, 0.2) is 24.3 Å². The Morgan fingerprint density at radius 2 is 2.29 bits per heavy atom. The molecule has 0 aliphatic rings. The van der Waals surface area contributed by atoms with Crippen molar-refractivity contribution in [3.63, 3.8) is 0 Å². The lowest BCUT2D eigenvalue weighted by Gasteiger charge is -1.98. The minimum Gasteiger partial charge on any atom is -0.502 e. The number of rotatable bonds is 3. The van der Waals surface area contributed by atoms with Gasteiger partial charge in [0.1, 0.15) is 0 Å². The molecule has 1 aromatic carbocycles. The number of nitro benzene ring substituents is 1. The van der Waals surface area contributed by atoms with Gasteiger partial charge in [0.2, 0.25) is 5.75 Å². The van der Waals surface area contributed by atoms with Crippen molar-refractivity contribution in [2.24, 2.45) is 0 Å². The molecule has 1 N–H and O–H groups in total. The van der Waals surface area contributed by atoms with E-state index in [1.807, 2.05) is 0 Å². The highest BCUT2D eigenvalue weighted by Gasteiger charge is 2.14. The first kappa shape index (κ1) is 10.5. The maximum absolute atomic E-state index is 10.4. The first-order valence-corrected chi connectivity index (χ1v) is 4.39. The quantitative estimate of drug-likeness (QED) is 0.477. The molecule has 0 unspecified atom stereocenters. The zero-order valence-electron chi connectivity index (χ0n) is 7.18. The maximum Gasteiger partial charge on any atom is 0.311 e. The number of halogens is 1. The van der Waals surface area contributed by atoms with Crippen LogP contribution in [0.4, 0.5) is 5.69 Å². The summed E-state index contributed by atoms with van der Waals surface area (Å²) >= 11 is 5.40.